The molecule has 0 saturated carbocycles. The van der Waals surface area contributed by atoms with Crippen LogP contribution in [0.25, 0.3) is 5.69 Å². The first-order valence-corrected chi connectivity index (χ1v) is 8.19. The topological polar surface area (TPSA) is 52.5 Å². The Morgan fingerprint density at radius 2 is 1.77 bits per heavy atom. The van der Waals surface area contributed by atoms with Gasteiger partial charge in [0.05, 0.1) is 5.56 Å². The summed E-state index contributed by atoms with van der Waals surface area (Å²) >= 11 is 0. The van der Waals surface area contributed by atoms with E-state index in [1.165, 1.54) is 12.1 Å². The smallest absolute Gasteiger partial charge is 0.257 e. The number of rotatable bonds is 3. The number of fused-ring (bicyclic) bond motifs is 1. The Kier molecular flexibility index (Phi) is 3.88. The lowest BCUT2D eigenvalue weighted by atomic mass is 10.2. The normalized spacial score (nSPS) is 12.3. The van der Waals surface area contributed by atoms with Crippen molar-refractivity contribution < 1.29 is 18.7 Å². The lowest BCUT2D eigenvalue weighted by Gasteiger charge is -2.10. The molecule has 2 aromatic carbocycles. The van der Waals surface area contributed by atoms with Crippen LogP contribution in [0.4, 0.5) is 10.1 Å². The van der Waals surface area contributed by atoms with Crippen LogP contribution in [0.5, 0.6) is 11.5 Å². The third kappa shape index (κ3) is 2.79. The van der Waals surface area contributed by atoms with Gasteiger partial charge in [0, 0.05) is 28.8 Å². The van der Waals surface area contributed by atoms with Crippen molar-refractivity contribution in [2.45, 2.75) is 13.8 Å². The number of nitrogens with one attached hydrogen (secondary N) is 1. The van der Waals surface area contributed by atoms with Gasteiger partial charge in [0.1, 0.15) is 5.82 Å². The predicted molar refractivity (Wildman–Crippen MR) is 95.7 cm³/mol. The molecule has 2 heterocycles. The highest BCUT2D eigenvalue weighted by Crippen LogP contribution is 2.34. The highest BCUT2D eigenvalue weighted by atomic mass is 19.1. The van der Waals surface area contributed by atoms with Gasteiger partial charge in [0.15, 0.2) is 11.5 Å². The van der Waals surface area contributed by atoms with Crippen molar-refractivity contribution in [1.29, 1.82) is 0 Å². The molecule has 6 heteroatoms. The maximum absolute atomic E-state index is 13.2. The zero-order valence-corrected chi connectivity index (χ0v) is 14.4. The molecule has 0 spiro atoms. The predicted octanol–water partition coefficient (Wildman–Crippen LogP) is 4.21. The van der Waals surface area contributed by atoms with Crippen LogP contribution >= 0.6 is 0 Å². The summed E-state index contributed by atoms with van der Waals surface area (Å²) in [6, 6.07) is 13.3. The summed E-state index contributed by atoms with van der Waals surface area (Å²) in [7, 11) is 0. The summed E-state index contributed by atoms with van der Waals surface area (Å²) in [5.74, 6) is 0.763. The van der Waals surface area contributed by atoms with Crippen LogP contribution in [0.3, 0.4) is 0 Å². The molecule has 0 atom stereocenters. The Morgan fingerprint density at radius 1 is 1.04 bits per heavy atom. The van der Waals surface area contributed by atoms with Gasteiger partial charge in [-0.15, -0.1) is 0 Å². The number of carbonyl (C=O) groups excluding carboxylic acids is 1. The minimum Gasteiger partial charge on any atom is -0.454 e. The van der Waals surface area contributed by atoms with Gasteiger partial charge in [-0.2, -0.15) is 0 Å². The quantitative estimate of drug-likeness (QED) is 0.768. The molecule has 26 heavy (non-hydrogen) atoms. The first kappa shape index (κ1) is 16.2. The molecule has 3 aromatic rings. The fourth-order valence-corrected chi connectivity index (χ4v) is 3.15. The Bertz CT molecular complexity index is 993. The Labute approximate surface area is 150 Å². The summed E-state index contributed by atoms with van der Waals surface area (Å²) in [4.78, 5) is 12.7. The lowest BCUT2D eigenvalue weighted by Crippen LogP contribution is -2.13. The van der Waals surface area contributed by atoms with Crippen molar-refractivity contribution >= 4 is 11.6 Å². The second-order valence-electron chi connectivity index (χ2n) is 6.12. The molecule has 1 aromatic heterocycles. The first-order valence-electron chi connectivity index (χ1n) is 8.19. The van der Waals surface area contributed by atoms with Gasteiger partial charge in [-0.1, -0.05) is 0 Å². The number of hydrogen-bond acceptors (Lipinski definition) is 3. The van der Waals surface area contributed by atoms with E-state index >= 15 is 0 Å². The highest BCUT2D eigenvalue weighted by Gasteiger charge is 2.18. The molecule has 1 aliphatic rings. The Morgan fingerprint density at radius 3 is 2.54 bits per heavy atom. The lowest BCUT2D eigenvalue weighted by molar-refractivity contribution is 0.102. The summed E-state index contributed by atoms with van der Waals surface area (Å²) in [6.07, 6.45) is 0. The molecule has 0 fully saturated rings. The second-order valence-corrected chi connectivity index (χ2v) is 6.12. The molecule has 0 bridgehead atoms. The number of ether oxygens (including phenoxy) is 2. The molecule has 1 N–H and O–H groups in total. The number of anilines is 1. The number of nitrogens with zero attached hydrogens (tertiary/aromatic N) is 1. The maximum Gasteiger partial charge on any atom is 0.257 e. The second kappa shape index (κ2) is 6.22. The summed E-state index contributed by atoms with van der Waals surface area (Å²) < 4.78 is 25.7. The fourth-order valence-electron chi connectivity index (χ4n) is 3.15. The SMILES string of the molecule is Cc1cc(C(=O)Nc2ccc3c(c2)OCO3)c(C)n1-c1ccc(F)cc1. The third-order valence-corrected chi connectivity index (χ3v) is 4.39. The van der Waals surface area contributed by atoms with Gasteiger partial charge in [-0.25, -0.2) is 4.39 Å². The van der Waals surface area contributed by atoms with E-state index in [0.29, 0.717) is 22.7 Å². The molecule has 1 aliphatic heterocycles. The average Bonchev–Trinajstić information content (AvgIpc) is 3.20. The number of aryl methyl sites for hydroxylation is 1. The van der Waals surface area contributed by atoms with Crippen LogP contribution in [0.15, 0.2) is 48.5 Å². The van der Waals surface area contributed by atoms with Crippen molar-refractivity contribution in [3.8, 4) is 17.2 Å². The van der Waals surface area contributed by atoms with Gasteiger partial charge in [-0.05, 0) is 56.3 Å². The molecule has 0 aliphatic carbocycles. The first-order chi connectivity index (χ1) is 12.5. The van der Waals surface area contributed by atoms with Gasteiger partial charge in [0.2, 0.25) is 6.79 Å². The number of benzene rings is 2. The van der Waals surface area contributed by atoms with E-state index in [2.05, 4.69) is 5.32 Å². The molecule has 132 valence electrons. The van der Waals surface area contributed by atoms with E-state index in [4.69, 9.17) is 9.47 Å². The van der Waals surface area contributed by atoms with Crippen LogP contribution in [0.2, 0.25) is 0 Å². The van der Waals surface area contributed by atoms with E-state index in [0.717, 1.165) is 17.1 Å². The molecule has 0 unspecified atom stereocenters. The van der Waals surface area contributed by atoms with Gasteiger partial charge < -0.3 is 19.4 Å². The number of amides is 1. The number of aromatic nitrogens is 1. The summed E-state index contributed by atoms with van der Waals surface area (Å²) in [6.45, 7) is 3.96. The van der Waals surface area contributed by atoms with E-state index in [1.54, 1.807) is 30.3 Å². The van der Waals surface area contributed by atoms with Gasteiger partial charge >= 0.3 is 0 Å². The van der Waals surface area contributed by atoms with Crippen LogP contribution < -0.4 is 14.8 Å². The highest BCUT2D eigenvalue weighted by molar-refractivity contribution is 6.05. The average molecular weight is 352 g/mol. The molecule has 4 rings (SSSR count). The Hall–Kier alpha value is -3.28. The van der Waals surface area contributed by atoms with Crippen molar-refractivity contribution in [2.75, 3.05) is 12.1 Å². The van der Waals surface area contributed by atoms with Crippen LogP contribution in [0, 0.1) is 19.7 Å². The number of halogens is 1. The van der Waals surface area contributed by atoms with Crippen LogP contribution in [-0.2, 0) is 0 Å². The van der Waals surface area contributed by atoms with E-state index in [-0.39, 0.29) is 18.5 Å². The third-order valence-electron chi connectivity index (χ3n) is 4.39. The molecule has 5 nitrogen and oxygen atoms in total. The molecule has 1 amide bonds. The molecular formula is C20H17FN2O3. The Balaban J connectivity index is 1.62. The van der Waals surface area contributed by atoms with Crippen LogP contribution in [0.1, 0.15) is 21.7 Å². The number of hydrogen-bond donors (Lipinski definition) is 1. The minimum absolute atomic E-state index is 0.186. The molecular weight excluding hydrogens is 335 g/mol. The number of carbonyl (C=O) groups is 1. The molecule has 0 saturated heterocycles. The van der Waals surface area contributed by atoms with Gasteiger partial charge in [-0.3, -0.25) is 4.79 Å². The standard InChI is InChI=1S/C20H17FN2O3/c1-12-9-17(13(2)23(12)16-6-3-14(21)4-7-16)20(24)22-15-5-8-18-19(10-15)26-11-25-18/h3-10H,11H2,1-2H3,(H,22,24). The largest absolute Gasteiger partial charge is 0.454 e. The summed E-state index contributed by atoms with van der Waals surface area (Å²) in [5.41, 5.74) is 3.68. The van der Waals surface area contributed by atoms with Crippen molar-refractivity contribution in [3.63, 3.8) is 0 Å². The van der Waals surface area contributed by atoms with Crippen molar-refractivity contribution in [2.24, 2.45) is 0 Å². The minimum atomic E-state index is -0.294. The zero-order valence-electron chi connectivity index (χ0n) is 14.4. The fraction of sp³-hybridized carbons (Fsp3) is 0.150. The molecule has 0 radical (unpaired) electrons. The van der Waals surface area contributed by atoms with Gasteiger partial charge in [0.25, 0.3) is 5.91 Å². The maximum atomic E-state index is 13.2. The van der Waals surface area contributed by atoms with Crippen LogP contribution in [-0.4, -0.2) is 17.3 Å². The van der Waals surface area contributed by atoms with E-state index in [1.807, 2.05) is 24.5 Å². The van der Waals surface area contributed by atoms with Crippen molar-refractivity contribution in [3.05, 3.63) is 71.3 Å². The zero-order chi connectivity index (χ0) is 18.3. The van der Waals surface area contributed by atoms with E-state index in [9.17, 15) is 9.18 Å². The van der Waals surface area contributed by atoms with E-state index < -0.39 is 0 Å². The van der Waals surface area contributed by atoms with Crippen molar-refractivity contribution in [1.82, 2.24) is 4.57 Å². The summed E-state index contributed by atoms with van der Waals surface area (Å²) in [5, 5.41) is 2.88. The monoisotopic (exact) mass is 352 g/mol.